The Morgan fingerprint density at radius 3 is 2.33 bits per heavy atom. The quantitative estimate of drug-likeness (QED) is 0.420. The lowest BCUT2D eigenvalue weighted by Gasteiger charge is -2.19. The summed E-state index contributed by atoms with van der Waals surface area (Å²) >= 11 is 3.43. The molecular weight excluding hydrogens is 468 g/mol. The molecule has 0 unspecified atom stereocenters. The number of benzene rings is 3. The summed E-state index contributed by atoms with van der Waals surface area (Å²) in [4.78, 5) is 0.147. The topological polar surface area (TPSA) is 87.7 Å². The van der Waals surface area contributed by atoms with Crippen LogP contribution in [0.1, 0.15) is 17.2 Å². The van der Waals surface area contributed by atoms with Crippen LogP contribution in [0.5, 0.6) is 5.75 Å². The van der Waals surface area contributed by atoms with Crippen molar-refractivity contribution in [3.63, 3.8) is 0 Å². The van der Waals surface area contributed by atoms with Crippen molar-refractivity contribution in [1.82, 2.24) is 4.72 Å². The fourth-order valence-electron chi connectivity index (χ4n) is 2.89. The van der Waals surface area contributed by atoms with Crippen molar-refractivity contribution in [2.24, 2.45) is 0 Å². The summed E-state index contributed by atoms with van der Waals surface area (Å²) in [5, 5.41) is 13.0. The molecule has 1 atom stereocenters. The molecule has 0 aliphatic carbocycles. The number of hydrogen-bond acceptors (Lipinski definition) is 5. The highest BCUT2D eigenvalue weighted by molar-refractivity contribution is 9.10. The highest BCUT2D eigenvalue weighted by Crippen LogP contribution is 2.29. The Kier molecular flexibility index (Phi) is 7.49. The van der Waals surface area contributed by atoms with Gasteiger partial charge in [0.05, 0.1) is 24.7 Å². The van der Waals surface area contributed by atoms with E-state index in [9.17, 15) is 13.5 Å². The van der Waals surface area contributed by atoms with Gasteiger partial charge in [-0.05, 0) is 57.4 Å². The maximum atomic E-state index is 12.7. The Labute approximate surface area is 185 Å². The second-order valence-corrected chi connectivity index (χ2v) is 9.23. The first-order valence-electron chi connectivity index (χ1n) is 9.27. The molecule has 0 saturated carbocycles. The van der Waals surface area contributed by atoms with E-state index in [-0.39, 0.29) is 24.1 Å². The van der Waals surface area contributed by atoms with Crippen molar-refractivity contribution in [2.75, 3.05) is 19.0 Å². The number of nitrogens with one attached hydrogen (secondary N) is 2. The lowest BCUT2D eigenvalue weighted by atomic mass is 10.1. The maximum absolute atomic E-state index is 12.7. The van der Waals surface area contributed by atoms with Crippen LogP contribution in [-0.2, 0) is 16.6 Å². The highest BCUT2D eigenvalue weighted by Gasteiger charge is 2.17. The largest absolute Gasteiger partial charge is 0.497 e. The van der Waals surface area contributed by atoms with E-state index in [4.69, 9.17) is 4.74 Å². The summed E-state index contributed by atoms with van der Waals surface area (Å²) in [6.07, 6.45) is 0. The Balaban J connectivity index is 1.71. The smallest absolute Gasteiger partial charge is 0.240 e. The van der Waals surface area contributed by atoms with Gasteiger partial charge in [0.15, 0.2) is 0 Å². The number of hydrogen-bond donors (Lipinski definition) is 3. The third-order valence-corrected chi connectivity index (χ3v) is 6.65. The maximum Gasteiger partial charge on any atom is 0.240 e. The Morgan fingerprint density at radius 1 is 1.03 bits per heavy atom. The van der Waals surface area contributed by atoms with Crippen LogP contribution in [-0.4, -0.2) is 27.2 Å². The monoisotopic (exact) mass is 490 g/mol. The molecule has 3 aromatic carbocycles. The molecular formula is C22H23BrN2O4S. The molecule has 8 heteroatoms. The van der Waals surface area contributed by atoms with Crippen LogP contribution in [0.4, 0.5) is 5.69 Å². The lowest BCUT2D eigenvalue weighted by Crippen LogP contribution is -2.23. The first-order chi connectivity index (χ1) is 14.4. The first kappa shape index (κ1) is 22.3. The zero-order valence-electron chi connectivity index (χ0n) is 16.4. The predicted molar refractivity (Wildman–Crippen MR) is 121 cm³/mol. The van der Waals surface area contributed by atoms with Gasteiger partial charge in [0.2, 0.25) is 10.0 Å². The molecule has 0 amide bonds. The molecule has 0 radical (unpaired) electrons. The van der Waals surface area contributed by atoms with Crippen LogP contribution in [0, 0.1) is 0 Å². The number of aliphatic hydroxyl groups is 1. The van der Waals surface area contributed by atoms with Crippen LogP contribution < -0.4 is 14.8 Å². The molecule has 0 bridgehead atoms. The predicted octanol–water partition coefficient (Wildman–Crippen LogP) is 4.08. The molecule has 0 aromatic heterocycles. The number of anilines is 1. The highest BCUT2D eigenvalue weighted by atomic mass is 79.9. The van der Waals surface area contributed by atoms with Gasteiger partial charge in [-0.3, -0.25) is 0 Å². The summed E-state index contributed by atoms with van der Waals surface area (Å²) in [6, 6.07) is 21.2. The van der Waals surface area contributed by atoms with Gasteiger partial charge in [-0.1, -0.05) is 42.5 Å². The number of halogens is 1. The number of ether oxygens (including phenoxy) is 1. The van der Waals surface area contributed by atoms with Crippen molar-refractivity contribution in [2.45, 2.75) is 17.5 Å². The van der Waals surface area contributed by atoms with Gasteiger partial charge < -0.3 is 15.2 Å². The summed E-state index contributed by atoms with van der Waals surface area (Å²) in [5.41, 5.74) is 2.45. The van der Waals surface area contributed by atoms with E-state index >= 15 is 0 Å². The third-order valence-electron chi connectivity index (χ3n) is 4.59. The average Bonchev–Trinajstić information content (AvgIpc) is 2.78. The van der Waals surface area contributed by atoms with E-state index < -0.39 is 10.0 Å². The van der Waals surface area contributed by atoms with Crippen LogP contribution in [0.25, 0.3) is 0 Å². The summed E-state index contributed by atoms with van der Waals surface area (Å²) in [5.74, 6) is 0.713. The van der Waals surface area contributed by atoms with Crippen molar-refractivity contribution in [3.05, 3.63) is 88.4 Å². The molecule has 0 heterocycles. The van der Waals surface area contributed by atoms with E-state index in [1.165, 1.54) is 12.1 Å². The van der Waals surface area contributed by atoms with E-state index in [0.29, 0.717) is 15.9 Å². The Morgan fingerprint density at radius 2 is 1.73 bits per heavy atom. The van der Waals surface area contributed by atoms with Gasteiger partial charge in [-0.25, -0.2) is 13.1 Å². The van der Waals surface area contributed by atoms with Crippen molar-refractivity contribution in [3.8, 4) is 5.75 Å². The molecule has 0 saturated heterocycles. The SMILES string of the molecule is COc1ccc(CNS(=O)(=O)c2ccc(N[C@H](CO)c3ccccc3)c(Br)c2)cc1. The van der Waals surface area contributed by atoms with E-state index in [1.807, 2.05) is 42.5 Å². The Bertz CT molecular complexity index is 1070. The summed E-state index contributed by atoms with van der Waals surface area (Å²) in [7, 11) is -2.11. The summed E-state index contributed by atoms with van der Waals surface area (Å²) in [6.45, 7) is 0.0739. The van der Waals surface area contributed by atoms with E-state index in [0.717, 1.165) is 11.1 Å². The molecule has 6 nitrogen and oxygen atoms in total. The average molecular weight is 491 g/mol. The first-order valence-corrected chi connectivity index (χ1v) is 11.5. The Hall–Kier alpha value is -2.39. The lowest BCUT2D eigenvalue weighted by molar-refractivity contribution is 0.276. The normalized spacial score (nSPS) is 12.4. The van der Waals surface area contributed by atoms with Crippen LogP contribution in [0.15, 0.2) is 82.2 Å². The standard InChI is InChI=1S/C22H23BrN2O4S/c1-29-18-9-7-16(8-10-18)14-24-30(27,28)19-11-12-21(20(23)13-19)25-22(15-26)17-5-3-2-4-6-17/h2-13,22,24-26H,14-15H2,1H3/t22-/m1/s1. The summed E-state index contributed by atoms with van der Waals surface area (Å²) < 4.78 is 33.6. The van der Waals surface area contributed by atoms with Crippen molar-refractivity contribution >= 4 is 31.6 Å². The van der Waals surface area contributed by atoms with Gasteiger partial charge in [0.1, 0.15) is 5.75 Å². The van der Waals surface area contributed by atoms with Crippen LogP contribution >= 0.6 is 15.9 Å². The van der Waals surface area contributed by atoms with Gasteiger partial charge >= 0.3 is 0 Å². The molecule has 0 aliphatic rings. The number of sulfonamides is 1. The zero-order chi connectivity index (χ0) is 21.6. The van der Waals surface area contributed by atoms with Gasteiger partial charge in [-0.2, -0.15) is 0 Å². The molecule has 3 N–H and O–H groups in total. The van der Waals surface area contributed by atoms with Gasteiger partial charge in [0.25, 0.3) is 0 Å². The zero-order valence-corrected chi connectivity index (χ0v) is 18.8. The fourth-order valence-corrected chi connectivity index (χ4v) is 4.58. The van der Waals surface area contributed by atoms with Crippen LogP contribution in [0.3, 0.4) is 0 Å². The van der Waals surface area contributed by atoms with Crippen LogP contribution in [0.2, 0.25) is 0 Å². The van der Waals surface area contributed by atoms with E-state index in [1.54, 1.807) is 25.3 Å². The van der Waals surface area contributed by atoms with Gasteiger partial charge in [-0.15, -0.1) is 0 Å². The fraction of sp³-hybridized carbons (Fsp3) is 0.182. The number of rotatable bonds is 9. The second-order valence-electron chi connectivity index (χ2n) is 6.60. The number of methoxy groups -OCH3 is 1. The minimum atomic E-state index is -3.69. The van der Waals surface area contributed by atoms with Gasteiger partial charge in [0, 0.05) is 16.7 Å². The molecule has 0 aliphatic heterocycles. The molecule has 3 rings (SSSR count). The third kappa shape index (κ3) is 5.60. The minimum absolute atomic E-state index is 0.0973. The molecule has 158 valence electrons. The van der Waals surface area contributed by atoms with Crippen molar-refractivity contribution < 1.29 is 18.3 Å². The second kappa shape index (κ2) is 10.1. The van der Waals surface area contributed by atoms with E-state index in [2.05, 4.69) is 26.0 Å². The molecule has 3 aromatic rings. The molecule has 30 heavy (non-hydrogen) atoms. The molecule has 0 fully saturated rings. The molecule has 0 spiro atoms. The van der Waals surface area contributed by atoms with Crippen molar-refractivity contribution in [1.29, 1.82) is 0 Å². The minimum Gasteiger partial charge on any atom is -0.497 e. The number of aliphatic hydroxyl groups excluding tert-OH is 1.